The summed E-state index contributed by atoms with van der Waals surface area (Å²) in [5.74, 6) is -0.0269. The third-order valence-electron chi connectivity index (χ3n) is 5.42. The average molecular weight is 389 g/mol. The molecule has 0 spiro atoms. The second-order valence-corrected chi connectivity index (χ2v) is 8.80. The number of hydrogen-bond donors (Lipinski definition) is 2. The highest BCUT2D eigenvalue weighted by atomic mass is 16.5. The van der Waals surface area contributed by atoms with Crippen molar-refractivity contribution in [1.82, 2.24) is 5.32 Å². The molecule has 0 heterocycles. The van der Waals surface area contributed by atoms with Crippen molar-refractivity contribution in [3.63, 3.8) is 0 Å². The molecular weight excluding hydrogens is 356 g/mol. The van der Waals surface area contributed by atoms with E-state index in [4.69, 9.17) is 4.74 Å². The SMILES string of the molecule is CC1CCCC(NC(=O)COC(=O)c2cccc(NC(=O)C(C)(C)C)c2)C1C. The van der Waals surface area contributed by atoms with E-state index in [2.05, 4.69) is 24.5 Å². The van der Waals surface area contributed by atoms with E-state index >= 15 is 0 Å². The monoisotopic (exact) mass is 388 g/mol. The van der Waals surface area contributed by atoms with Crippen LogP contribution in [0.4, 0.5) is 5.69 Å². The number of hydrogen-bond acceptors (Lipinski definition) is 4. The van der Waals surface area contributed by atoms with Gasteiger partial charge in [0.05, 0.1) is 5.56 Å². The lowest BCUT2D eigenvalue weighted by atomic mass is 9.78. The minimum absolute atomic E-state index is 0.130. The first-order valence-electron chi connectivity index (χ1n) is 9.96. The Morgan fingerprint density at radius 1 is 1.14 bits per heavy atom. The van der Waals surface area contributed by atoms with Crippen molar-refractivity contribution in [2.24, 2.45) is 17.3 Å². The molecule has 0 aliphatic heterocycles. The van der Waals surface area contributed by atoms with Crippen LogP contribution >= 0.6 is 0 Å². The van der Waals surface area contributed by atoms with Crippen molar-refractivity contribution >= 4 is 23.5 Å². The zero-order valence-electron chi connectivity index (χ0n) is 17.5. The molecule has 0 aromatic heterocycles. The van der Waals surface area contributed by atoms with Gasteiger partial charge in [-0.1, -0.05) is 53.5 Å². The molecule has 6 heteroatoms. The average Bonchev–Trinajstić information content (AvgIpc) is 2.63. The first-order valence-corrected chi connectivity index (χ1v) is 9.96. The lowest BCUT2D eigenvalue weighted by Crippen LogP contribution is -2.45. The standard InChI is InChI=1S/C22H32N2O4/c1-14-8-6-11-18(15(14)2)24-19(25)13-28-20(26)16-9-7-10-17(12-16)23-21(27)22(3,4)5/h7,9-10,12,14-15,18H,6,8,11,13H2,1-5H3,(H,23,27)(H,24,25). The Morgan fingerprint density at radius 3 is 2.54 bits per heavy atom. The number of nitrogens with one attached hydrogen (secondary N) is 2. The van der Waals surface area contributed by atoms with Gasteiger partial charge in [-0.15, -0.1) is 0 Å². The van der Waals surface area contributed by atoms with Gasteiger partial charge in [-0.05, 0) is 36.5 Å². The van der Waals surface area contributed by atoms with Crippen LogP contribution in [-0.2, 0) is 14.3 Å². The zero-order valence-corrected chi connectivity index (χ0v) is 17.5. The molecule has 154 valence electrons. The Morgan fingerprint density at radius 2 is 1.86 bits per heavy atom. The highest BCUT2D eigenvalue weighted by Crippen LogP contribution is 2.29. The minimum Gasteiger partial charge on any atom is -0.452 e. The van der Waals surface area contributed by atoms with E-state index in [0.717, 1.165) is 12.8 Å². The molecule has 1 aliphatic carbocycles. The summed E-state index contributed by atoms with van der Waals surface area (Å²) in [4.78, 5) is 36.5. The maximum Gasteiger partial charge on any atom is 0.338 e. The van der Waals surface area contributed by atoms with Gasteiger partial charge in [0, 0.05) is 17.1 Å². The van der Waals surface area contributed by atoms with E-state index in [0.29, 0.717) is 23.1 Å². The molecule has 3 atom stereocenters. The fourth-order valence-electron chi connectivity index (χ4n) is 3.29. The van der Waals surface area contributed by atoms with Crippen molar-refractivity contribution < 1.29 is 19.1 Å². The molecule has 28 heavy (non-hydrogen) atoms. The number of carbonyl (C=O) groups is 3. The van der Waals surface area contributed by atoms with Gasteiger partial charge in [0.25, 0.3) is 5.91 Å². The summed E-state index contributed by atoms with van der Waals surface area (Å²) in [5, 5.41) is 5.77. The van der Waals surface area contributed by atoms with Crippen LogP contribution in [0.25, 0.3) is 0 Å². The Labute approximate surface area is 167 Å². The van der Waals surface area contributed by atoms with Crippen molar-refractivity contribution in [3.05, 3.63) is 29.8 Å². The molecule has 0 bridgehead atoms. The van der Waals surface area contributed by atoms with Gasteiger partial charge < -0.3 is 15.4 Å². The number of rotatable bonds is 5. The molecule has 0 saturated heterocycles. The molecule has 6 nitrogen and oxygen atoms in total. The van der Waals surface area contributed by atoms with E-state index in [-0.39, 0.29) is 24.5 Å². The van der Waals surface area contributed by atoms with Gasteiger partial charge in [0.1, 0.15) is 0 Å². The smallest absolute Gasteiger partial charge is 0.338 e. The number of anilines is 1. The lowest BCUT2D eigenvalue weighted by molar-refractivity contribution is -0.125. The van der Waals surface area contributed by atoms with E-state index in [1.807, 2.05) is 20.8 Å². The second-order valence-electron chi connectivity index (χ2n) is 8.80. The van der Waals surface area contributed by atoms with Crippen LogP contribution in [-0.4, -0.2) is 30.4 Å². The van der Waals surface area contributed by atoms with E-state index in [1.54, 1.807) is 24.3 Å². The maximum atomic E-state index is 12.3. The Bertz CT molecular complexity index is 723. The quantitative estimate of drug-likeness (QED) is 0.752. The third-order valence-corrected chi connectivity index (χ3v) is 5.42. The Kier molecular flexibility index (Phi) is 7.22. The fourth-order valence-corrected chi connectivity index (χ4v) is 3.29. The summed E-state index contributed by atoms with van der Waals surface area (Å²) in [5.41, 5.74) is 0.269. The molecule has 1 aromatic carbocycles. The first-order chi connectivity index (χ1) is 13.1. The van der Waals surface area contributed by atoms with Gasteiger partial charge in [-0.2, -0.15) is 0 Å². The fraction of sp³-hybridized carbons (Fsp3) is 0.591. The Balaban J connectivity index is 1.88. The largest absolute Gasteiger partial charge is 0.452 e. The van der Waals surface area contributed by atoms with Gasteiger partial charge in [-0.25, -0.2) is 4.79 Å². The van der Waals surface area contributed by atoms with Gasteiger partial charge >= 0.3 is 5.97 Å². The summed E-state index contributed by atoms with van der Waals surface area (Å²) < 4.78 is 5.16. The molecule has 0 radical (unpaired) electrons. The lowest BCUT2D eigenvalue weighted by Gasteiger charge is -2.34. The number of esters is 1. The van der Waals surface area contributed by atoms with Crippen LogP contribution in [0, 0.1) is 17.3 Å². The van der Waals surface area contributed by atoms with Crippen molar-refractivity contribution in [2.75, 3.05) is 11.9 Å². The molecule has 2 N–H and O–H groups in total. The number of amides is 2. The van der Waals surface area contributed by atoms with Crippen LogP contribution in [0.1, 0.15) is 64.2 Å². The number of benzene rings is 1. The van der Waals surface area contributed by atoms with Crippen LogP contribution in [0.15, 0.2) is 24.3 Å². The molecule has 1 fully saturated rings. The Hall–Kier alpha value is -2.37. The number of ether oxygens (including phenoxy) is 1. The van der Waals surface area contributed by atoms with Gasteiger partial charge in [-0.3, -0.25) is 9.59 Å². The van der Waals surface area contributed by atoms with E-state index in [1.165, 1.54) is 6.42 Å². The summed E-state index contributed by atoms with van der Waals surface area (Å²) in [6, 6.07) is 6.65. The molecule has 1 aromatic rings. The van der Waals surface area contributed by atoms with Crippen molar-refractivity contribution in [2.45, 2.75) is 59.9 Å². The first kappa shape index (κ1) is 21.9. The highest BCUT2D eigenvalue weighted by molar-refractivity contribution is 5.97. The van der Waals surface area contributed by atoms with E-state index in [9.17, 15) is 14.4 Å². The highest BCUT2D eigenvalue weighted by Gasteiger charge is 2.28. The minimum atomic E-state index is -0.591. The molecule has 1 saturated carbocycles. The third kappa shape index (κ3) is 6.08. The van der Waals surface area contributed by atoms with E-state index < -0.39 is 11.4 Å². The normalized spacial score (nSPS) is 22.2. The van der Waals surface area contributed by atoms with Crippen molar-refractivity contribution in [1.29, 1.82) is 0 Å². The predicted molar refractivity (Wildman–Crippen MR) is 109 cm³/mol. The summed E-state index contributed by atoms with van der Waals surface area (Å²) >= 11 is 0. The molecule has 3 unspecified atom stereocenters. The van der Waals surface area contributed by atoms with Gasteiger partial charge in [0.15, 0.2) is 6.61 Å². The van der Waals surface area contributed by atoms with Crippen LogP contribution in [0.2, 0.25) is 0 Å². The number of carbonyl (C=O) groups excluding carboxylic acids is 3. The van der Waals surface area contributed by atoms with Crippen LogP contribution in [0.3, 0.4) is 0 Å². The summed E-state index contributed by atoms with van der Waals surface area (Å²) in [6.45, 7) is 9.48. The predicted octanol–water partition coefficient (Wildman–Crippen LogP) is 3.77. The molecule has 2 rings (SSSR count). The van der Waals surface area contributed by atoms with Gasteiger partial charge in [0.2, 0.25) is 5.91 Å². The molecular formula is C22H32N2O4. The maximum absolute atomic E-state index is 12.3. The second kappa shape index (κ2) is 9.22. The molecule has 1 aliphatic rings. The van der Waals surface area contributed by atoms with Crippen LogP contribution in [0.5, 0.6) is 0 Å². The summed E-state index contributed by atoms with van der Waals surface area (Å²) in [6.07, 6.45) is 3.24. The van der Waals surface area contributed by atoms with Crippen molar-refractivity contribution in [3.8, 4) is 0 Å². The zero-order chi connectivity index (χ0) is 20.9. The summed E-state index contributed by atoms with van der Waals surface area (Å²) in [7, 11) is 0. The van der Waals surface area contributed by atoms with Crippen LogP contribution < -0.4 is 10.6 Å². The molecule has 2 amide bonds. The topological polar surface area (TPSA) is 84.5 Å².